The summed E-state index contributed by atoms with van der Waals surface area (Å²) in [5, 5.41) is 3.08. The van der Waals surface area contributed by atoms with Gasteiger partial charge in [0, 0.05) is 45.3 Å². The number of fused-ring (bicyclic) bond motifs is 1. The van der Waals surface area contributed by atoms with Gasteiger partial charge in [-0.15, -0.1) is 0 Å². The summed E-state index contributed by atoms with van der Waals surface area (Å²) in [5.41, 5.74) is 2.38. The van der Waals surface area contributed by atoms with Gasteiger partial charge in [-0.05, 0) is 0 Å². The number of imidazole rings is 1. The summed E-state index contributed by atoms with van der Waals surface area (Å²) in [7, 11) is 1.83. The number of rotatable bonds is 4. The van der Waals surface area contributed by atoms with Gasteiger partial charge < -0.3 is 15.0 Å². The Morgan fingerprint density at radius 2 is 2.29 bits per heavy atom. The van der Waals surface area contributed by atoms with Crippen molar-refractivity contribution < 1.29 is 4.74 Å². The molecule has 9 nitrogen and oxygen atoms in total. The third-order valence-electron chi connectivity index (χ3n) is 3.98. The number of aromatic nitrogens is 6. The molecule has 3 aromatic rings. The van der Waals surface area contributed by atoms with Crippen molar-refractivity contribution in [1.29, 1.82) is 0 Å². The summed E-state index contributed by atoms with van der Waals surface area (Å²) in [6.45, 7) is 2.91. The van der Waals surface area contributed by atoms with Crippen LogP contribution in [0.4, 0.5) is 5.82 Å². The van der Waals surface area contributed by atoms with E-state index in [0.29, 0.717) is 24.6 Å². The molecule has 3 aromatic heterocycles. The Bertz CT molecular complexity index is 821. The van der Waals surface area contributed by atoms with E-state index in [1.165, 1.54) is 0 Å². The molecule has 0 spiro atoms. The quantitative estimate of drug-likeness (QED) is 0.724. The predicted molar refractivity (Wildman–Crippen MR) is 87.2 cm³/mol. The highest BCUT2D eigenvalue weighted by atomic mass is 16.5. The first-order valence-corrected chi connectivity index (χ1v) is 7.81. The minimum atomic E-state index is -0.191. The van der Waals surface area contributed by atoms with Gasteiger partial charge in [0.2, 0.25) is 0 Å². The monoisotopic (exact) mass is 326 g/mol. The van der Waals surface area contributed by atoms with Crippen LogP contribution < -0.4 is 5.32 Å². The summed E-state index contributed by atoms with van der Waals surface area (Å²) >= 11 is 0. The molecule has 0 aromatic carbocycles. The Morgan fingerprint density at radius 3 is 3.12 bits per heavy atom. The van der Waals surface area contributed by atoms with Crippen LogP contribution in [0.1, 0.15) is 17.6 Å². The van der Waals surface area contributed by atoms with E-state index in [4.69, 9.17) is 4.74 Å². The van der Waals surface area contributed by atoms with E-state index in [-0.39, 0.29) is 6.10 Å². The topological polar surface area (TPSA) is 105 Å². The van der Waals surface area contributed by atoms with Crippen LogP contribution in [0.3, 0.4) is 0 Å². The van der Waals surface area contributed by atoms with E-state index in [1.54, 1.807) is 24.9 Å². The van der Waals surface area contributed by atoms with Crippen LogP contribution in [0.5, 0.6) is 0 Å². The molecule has 1 fully saturated rings. The molecule has 124 valence electrons. The zero-order chi connectivity index (χ0) is 16.4. The number of nitrogens with one attached hydrogen (secondary N) is 2. The molecule has 0 radical (unpaired) electrons. The fourth-order valence-electron chi connectivity index (χ4n) is 2.82. The van der Waals surface area contributed by atoms with E-state index in [1.807, 2.05) is 7.05 Å². The molecule has 1 unspecified atom stereocenters. The summed E-state index contributed by atoms with van der Waals surface area (Å²) in [6, 6.07) is 0. The molecule has 0 saturated carbocycles. The van der Waals surface area contributed by atoms with Crippen molar-refractivity contribution in [2.24, 2.45) is 0 Å². The average Bonchev–Trinajstić information content (AvgIpc) is 3.10. The maximum absolute atomic E-state index is 5.89. The molecule has 2 N–H and O–H groups in total. The number of hydrogen-bond acceptors (Lipinski definition) is 8. The Kier molecular flexibility index (Phi) is 4.01. The normalized spacial score (nSPS) is 18.8. The lowest BCUT2D eigenvalue weighted by Gasteiger charge is -2.31. The van der Waals surface area contributed by atoms with Crippen molar-refractivity contribution in [2.45, 2.75) is 12.6 Å². The zero-order valence-corrected chi connectivity index (χ0v) is 13.3. The lowest BCUT2D eigenvalue weighted by atomic mass is 10.2. The van der Waals surface area contributed by atoms with Gasteiger partial charge in [0.1, 0.15) is 11.6 Å². The van der Waals surface area contributed by atoms with Crippen LogP contribution in [0.25, 0.3) is 11.2 Å². The van der Waals surface area contributed by atoms with Gasteiger partial charge in [-0.2, -0.15) is 0 Å². The van der Waals surface area contributed by atoms with E-state index < -0.39 is 0 Å². The van der Waals surface area contributed by atoms with Crippen LogP contribution in [0.2, 0.25) is 0 Å². The number of nitrogens with zero attached hydrogens (tertiary/aromatic N) is 6. The average molecular weight is 326 g/mol. The third-order valence-corrected chi connectivity index (χ3v) is 3.98. The molecule has 0 amide bonds. The summed E-state index contributed by atoms with van der Waals surface area (Å²) in [5.74, 6) is 1.37. The first-order chi connectivity index (χ1) is 11.8. The number of morpholine rings is 1. The molecule has 0 bridgehead atoms. The minimum absolute atomic E-state index is 0.191. The third kappa shape index (κ3) is 2.91. The summed E-state index contributed by atoms with van der Waals surface area (Å²) < 4.78 is 5.89. The Labute approximate surface area is 138 Å². The molecule has 1 atom stereocenters. The van der Waals surface area contributed by atoms with E-state index >= 15 is 0 Å². The van der Waals surface area contributed by atoms with Gasteiger partial charge in [0.05, 0.1) is 18.6 Å². The SMILES string of the molecule is CNc1nc(C2CN(Cc3cnccn3)CCO2)nc2nc[nH]c12. The van der Waals surface area contributed by atoms with Gasteiger partial charge in [0.25, 0.3) is 0 Å². The Hall–Kier alpha value is -2.65. The number of H-pyrrole nitrogens is 1. The van der Waals surface area contributed by atoms with Crippen molar-refractivity contribution in [3.63, 3.8) is 0 Å². The fraction of sp³-hybridized carbons (Fsp3) is 0.400. The largest absolute Gasteiger partial charge is 0.371 e. The second-order valence-corrected chi connectivity index (χ2v) is 5.57. The molecule has 0 aliphatic carbocycles. The first-order valence-electron chi connectivity index (χ1n) is 7.81. The molecular weight excluding hydrogens is 308 g/mol. The molecule has 4 rings (SSSR count). The van der Waals surface area contributed by atoms with Crippen molar-refractivity contribution in [1.82, 2.24) is 34.8 Å². The highest BCUT2D eigenvalue weighted by Gasteiger charge is 2.26. The van der Waals surface area contributed by atoms with Crippen LogP contribution in [0, 0.1) is 0 Å². The maximum atomic E-state index is 5.89. The van der Waals surface area contributed by atoms with Crippen LogP contribution >= 0.6 is 0 Å². The Morgan fingerprint density at radius 1 is 1.33 bits per heavy atom. The Balaban J connectivity index is 1.55. The fourth-order valence-corrected chi connectivity index (χ4v) is 2.82. The zero-order valence-electron chi connectivity index (χ0n) is 13.3. The maximum Gasteiger partial charge on any atom is 0.183 e. The van der Waals surface area contributed by atoms with Crippen molar-refractivity contribution in [2.75, 3.05) is 32.1 Å². The van der Waals surface area contributed by atoms with Gasteiger partial charge in [-0.3, -0.25) is 14.9 Å². The predicted octanol–water partition coefficient (Wildman–Crippen LogP) is 0.758. The number of ether oxygens (including phenoxy) is 1. The molecule has 9 heteroatoms. The summed E-state index contributed by atoms with van der Waals surface area (Å²) in [4.78, 5) is 27.1. The van der Waals surface area contributed by atoms with E-state index in [9.17, 15) is 0 Å². The van der Waals surface area contributed by atoms with Gasteiger partial charge >= 0.3 is 0 Å². The van der Waals surface area contributed by atoms with E-state index in [2.05, 4.69) is 40.1 Å². The molecule has 4 heterocycles. The minimum Gasteiger partial charge on any atom is -0.371 e. The van der Waals surface area contributed by atoms with Crippen molar-refractivity contribution in [3.05, 3.63) is 36.4 Å². The number of hydrogen-bond donors (Lipinski definition) is 2. The van der Waals surface area contributed by atoms with Crippen molar-refractivity contribution >= 4 is 17.0 Å². The van der Waals surface area contributed by atoms with Crippen LogP contribution in [0.15, 0.2) is 24.9 Å². The second kappa shape index (κ2) is 6.46. The molecule has 1 aliphatic heterocycles. The van der Waals surface area contributed by atoms with Crippen molar-refractivity contribution in [3.8, 4) is 0 Å². The number of aromatic amines is 1. The summed E-state index contributed by atoms with van der Waals surface area (Å²) in [6.07, 6.45) is 6.60. The lowest BCUT2D eigenvalue weighted by Crippen LogP contribution is -2.38. The molecule has 1 saturated heterocycles. The van der Waals surface area contributed by atoms with Gasteiger partial charge in [-0.25, -0.2) is 15.0 Å². The molecule has 24 heavy (non-hydrogen) atoms. The van der Waals surface area contributed by atoms with Gasteiger partial charge in [-0.1, -0.05) is 0 Å². The standard InChI is InChI=1S/C15H18N8O/c1-16-14-12-15(20-9-19-12)22-13(21-14)11-8-23(4-5-24-11)7-10-6-17-2-3-18-10/h2-3,6,9,11H,4-5,7-8H2,1H3,(H2,16,19,20,21,22). The highest BCUT2D eigenvalue weighted by Crippen LogP contribution is 2.24. The molecular formula is C15H18N8O. The van der Waals surface area contributed by atoms with Crippen LogP contribution in [-0.4, -0.2) is 61.5 Å². The second-order valence-electron chi connectivity index (χ2n) is 5.57. The first kappa shape index (κ1) is 14.9. The number of anilines is 1. The van der Waals surface area contributed by atoms with Gasteiger partial charge in [0.15, 0.2) is 17.3 Å². The van der Waals surface area contributed by atoms with Crippen LogP contribution in [-0.2, 0) is 11.3 Å². The smallest absolute Gasteiger partial charge is 0.183 e. The molecule has 1 aliphatic rings. The van der Waals surface area contributed by atoms with E-state index in [0.717, 1.165) is 30.1 Å². The lowest BCUT2D eigenvalue weighted by molar-refractivity contribution is -0.0373. The highest BCUT2D eigenvalue weighted by molar-refractivity contribution is 5.82.